The number of esters is 1. The Morgan fingerprint density at radius 3 is 2.19 bits per heavy atom. The number of carbonyl (C=O) groups is 4. The predicted molar refractivity (Wildman–Crippen MR) is 117 cm³/mol. The molecule has 6 nitrogen and oxygen atoms in total. The van der Waals surface area contributed by atoms with Crippen LogP contribution in [0.3, 0.4) is 0 Å². The summed E-state index contributed by atoms with van der Waals surface area (Å²) in [7, 11) is 1.24. The summed E-state index contributed by atoms with van der Waals surface area (Å²) < 4.78 is 5.21. The van der Waals surface area contributed by atoms with Crippen LogP contribution in [0.25, 0.3) is 0 Å². The van der Waals surface area contributed by atoms with Crippen LogP contribution in [0.15, 0.2) is 12.2 Å². The molecule has 6 heteroatoms. The molecule has 4 saturated carbocycles. The van der Waals surface area contributed by atoms with Gasteiger partial charge in [0.1, 0.15) is 5.78 Å². The number of fused-ring (bicyclic) bond motifs is 6. The summed E-state index contributed by atoms with van der Waals surface area (Å²) in [4.78, 5) is 53.3. The van der Waals surface area contributed by atoms with Gasteiger partial charge in [-0.1, -0.05) is 41.2 Å². The van der Waals surface area contributed by atoms with Crippen LogP contribution >= 0.6 is 0 Å². The molecule has 32 heavy (non-hydrogen) atoms. The van der Waals surface area contributed by atoms with E-state index in [-0.39, 0.29) is 23.0 Å². The molecule has 4 rings (SSSR count). The Morgan fingerprint density at radius 2 is 1.66 bits per heavy atom. The first-order valence-electron chi connectivity index (χ1n) is 11.6. The highest BCUT2D eigenvalue weighted by molar-refractivity contribution is 6.24. The third-order valence-electron chi connectivity index (χ3n) is 10.9. The molecule has 4 aliphatic rings. The highest BCUT2D eigenvalue weighted by atomic mass is 16.5. The smallest absolute Gasteiger partial charge is 0.324 e. The van der Waals surface area contributed by atoms with Crippen LogP contribution in [0, 0.1) is 38.9 Å². The van der Waals surface area contributed by atoms with Crippen molar-refractivity contribution in [2.45, 2.75) is 79.2 Å². The lowest BCUT2D eigenvalue weighted by Gasteiger charge is -2.67. The number of hydrogen-bond donors (Lipinski definition) is 1. The van der Waals surface area contributed by atoms with Crippen molar-refractivity contribution in [1.82, 2.24) is 0 Å². The Hall–Kier alpha value is -1.82. The lowest BCUT2D eigenvalue weighted by Crippen LogP contribution is -2.66. The molecule has 0 aliphatic heterocycles. The minimum Gasteiger partial charge on any atom is -0.468 e. The molecule has 0 radical (unpaired) electrons. The third-order valence-corrected chi connectivity index (χ3v) is 10.9. The minimum absolute atomic E-state index is 0.0823. The van der Waals surface area contributed by atoms with Gasteiger partial charge in [-0.2, -0.15) is 0 Å². The Kier molecular flexibility index (Phi) is 4.52. The monoisotopic (exact) mass is 444 g/mol. The zero-order valence-electron chi connectivity index (χ0n) is 20.4. The molecule has 0 heterocycles. The first-order valence-corrected chi connectivity index (χ1v) is 11.6. The van der Waals surface area contributed by atoms with Gasteiger partial charge in [-0.05, 0) is 60.8 Å². The van der Waals surface area contributed by atoms with Crippen LogP contribution < -0.4 is 0 Å². The number of hydrogen-bond acceptors (Lipinski definition) is 6. The van der Waals surface area contributed by atoms with Gasteiger partial charge >= 0.3 is 5.97 Å². The fourth-order valence-electron chi connectivity index (χ4n) is 8.98. The number of aliphatic hydroxyl groups is 1. The van der Waals surface area contributed by atoms with Crippen molar-refractivity contribution in [3.63, 3.8) is 0 Å². The first kappa shape index (κ1) is 23.3. The van der Waals surface area contributed by atoms with Gasteiger partial charge in [-0.15, -0.1) is 0 Å². The van der Waals surface area contributed by atoms with E-state index in [1.165, 1.54) is 14.0 Å². The molecule has 0 saturated heterocycles. The molecule has 0 aromatic rings. The van der Waals surface area contributed by atoms with E-state index in [9.17, 15) is 24.3 Å². The molecular formula is C26H36O6. The summed E-state index contributed by atoms with van der Waals surface area (Å²) in [5.41, 5.74) is -6.84. The molecule has 1 N–H and O–H groups in total. The zero-order valence-corrected chi connectivity index (χ0v) is 20.4. The van der Waals surface area contributed by atoms with Crippen LogP contribution in [0.5, 0.6) is 0 Å². The van der Waals surface area contributed by atoms with Crippen molar-refractivity contribution < 1.29 is 29.0 Å². The van der Waals surface area contributed by atoms with Crippen LogP contribution in [0.4, 0.5) is 0 Å². The maximum absolute atomic E-state index is 14.1. The topological polar surface area (TPSA) is 97.7 Å². The Bertz CT molecular complexity index is 979. The maximum atomic E-state index is 14.1. The average molecular weight is 445 g/mol. The highest BCUT2D eigenvalue weighted by Gasteiger charge is 2.85. The number of rotatable bonds is 2. The van der Waals surface area contributed by atoms with Crippen molar-refractivity contribution in [3.05, 3.63) is 12.2 Å². The average Bonchev–Trinajstić information content (AvgIpc) is 2.81. The van der Waals surface area contributed by atoms with Gasteiger partial charge in [-0.3, -0.25) is 19.2 Å². The molecule has 0 unspecified atom stereocenters. The summed E-state index contributed by atoms with van der Waals surface area (Å²) in [6.07, 6.45) is 2.66. The number of methoxy groups -OCH3 is 1. The van der Waals surface area contributed by atoms with Crippen molar-refractivity contribution in [2.75, 3.05) is 7.11 Å². The summed E-state index contributed by atoms with van der Waals surface area (Å²) in [6.45, 7) is 15.2. The van der Waals surface area contributed by atoms with Crippen LogP contribution in [0.2, 0.25) is 0 Å². The molecule has 0 aromatic heterocycles. The van der Waals surface area contributed by atoms with E-state index in [4.69, 9.17) is 4.74 Å². The molecule has 0 spiro atoms. The quantitative estimate of drug-likeness (QED) is 0.398. The molecule has 7 atom stereocenters. The van der Waals surface area contributed by atoms with Crippen molar-refractivity contribution >= 4 is 23.3 Å². The van der Waals surface area contributed by atoms with E-state index < -0.39 is 44.8 Å². The van der Waals surface area contributed by atoms with Crippen molar-refractivity contribution in [1.29, 1.82) is 0 Å². The maximum Gasteiger partial charge on any atom is 0.324 e. The molecule has 0 amide bonds. The standard InChI is InChI=1S/C26H36O6/c1-14-24(7)13-17-22(5)11-10-18(28)21(3,4)16(22)9-12-23(17,6)25(14,20(30)32-8)19(29)26(24,31)15(2)27/h16-17,31H,1,9-13H2,2-8H3/t16-,17+,22+,23-,24-,25+,26-/m1/s1. The van der Waals surface area contributed by atoms with E-state index in [0.29, 0.717) is 37.7 Å². The number of ketones is 3. The van der Waals surface area contributed by atoms with Gasteiger partial charge in [0.25, 0.3) is 0 Å². The summed E-state index contributed by atoms with van der Waals surface area (Å²) in [5.74, 6) is -2.03. The highest BCUT2D eigenvalue weighted by Crippen LogP contribution is 2.79. The third kappa shape index (κ3) is 2.03. The fourth-order valence-corrected chi connectivity index (χ4v) is 8.98. The minimum atomic E-state index is -2.33. The van der Waals surface area contributed by atoms with Crippen molar-refractivity contribution in [2.24, 2.45) is 38.9 Å². The summed E-state index contributed by atoms with van der Waals surface area (Å²) in [6, 6.07) is 0. The molecule has 176 valence electrons. The fraction of sp³-hybridized carbons (Fsp3) is 0.769. The van der Waals surface area contributed by atoms with Crippen molar-refractivity contribution in [3.8, 4) is 0 Å². The number of Topliss-reactive ketones (excluding diaryl/α,β-unsaturated/α-hetero) is 3. The lowest BCUT2D eigenvalue weighted by molar-refractivity contribution is -0.198. The second-order valence-electron chi connectivity index (χ2n) is 12.1. The summed E-state index contributed by atoms with van der Waals surface area (Å²) >= 11 is 0. The molecule has 4 aliphatic carbocycles. The Labute approximate surface area is 190 Å². The van der Waals surface area contributed by atoms with Gasteiger partial charge in [0.05, 0.1) is 7.11 Å². The van der Waals surface area contributed by atoms with Gasteiger partial charge in [0, 0.05) is 17.3 Å². The van der Waals surface area contributed by atoms with E-state index in [0.717, 1.165) is 0 Å². The van der Waals surface area contributed by atoms with Gasteiger partial charge < -0.3 is 9.84 Å². The molecular weight excluding hydrogens is 408 g/mol. The van der Waals surface area contributed by atoms with Gasteiger partial charge in [0.2, 0.25) is 0 Å². The van der Waals surface area contributed by atoms with Gasteiger partial charge in [-0.25, -0.2) is 0 Å². The molecule has 0 aromatic carbocycles. The second-order valence-corrected chi connectivity index (χ2v) is 12.1. The number of carbonyl (C=O) groups excluding carboxylic acids is 4. The van der Waals surface area contributed by atoms with Crippen LogP contribution in [-0.2, 0) is 23.9 Å². The van der Waals surface area contributed by atoms with E-state index in [1.807, 2.05) is 20.8 Å². The number of ether oxygens (including phenoxy) is 1. The first-order chi connectivity index (χ1) is 14.5. The Balaban J connectivity index is 2.04. The molecule has 4 fully saturated rings. The second kappa shape index (κ2) is 6.19. The lowest BCUT2D eigenvalue weighted by atomic mass is 9.35. The predicted octanol–water partition coefficient (Wildman–Crippen LogP) is 3.44. The van der Waals surface area contributed by atoms with Crippen LogP contribution in [0.1, 0.15) is 73.6 Å². The summed E-state index contributed by atoms with van der Waals surface area (Å²) in [5, 5.41) is 11.7. The zero-order chi connectivity index (χ0) is 24.3. The SMILES string of the molecule is C=C1[C@@]2(C(=O)OC)C(=O)[C@](O)(C(C)=O)[C@]1(C)C[C@H]1[C@@]3(C)CCC(=O)C(C)(C)[C@H]3CC[C@]12C. The normalized spacial score (nSPS) is 49.3. The largest absolute Gasteiger partial charge is 0.468 e. The van der Waals surface area contributed by atoms with E-state index in [1.54, 1.807) is 6.92 Å². The Morgan fingerprint density at radius 1 is 1.06 bits per heavy atom. The van der Waals surface area contributed by atoms with E-state index >= 15 is 0 Å². The van der Waals surface area contributed by atoms with Crippen LogP contribution in [-0.4, -0.2) is 41.1 Å². The van der Waals surface area contributed by atoms with E-state index in [2.05, 4.69) is 13.5 Å². The van der Waals surface area contributed by atoms with Gasteiger partial charge in [0.15, 0.2) is 22.6 Å². The molecule has 2 bridgehead atoms.